The van der Waals surface area contributed by atoms with Crippen molar-refractivity contribution in [1.29, 1.82) is 0 Å². The zero-order valence-corrected chi connectivity index (χ0v) is 10.5. The van der Waals surface area contributed by atoms with Crippen molar-refractivity contribution in [1.82, 2.24) is 0 Å². The van der Waals surface area contributed by atoms with Crippen molar-refractivity contribution < 1.29 is 4.74 Å². The number of hydrogen-bond donors (Lipinski definition) is 0. The van der Waals surface area contributed by atoms with Crippen LogP contribution in [-0.4, -0.2) is 6.10 Å². The summed E-state index contributed by atoms with van der Waals surface area (Å²) < 4.78 is 5.82. The molecule has 2 rings (SSSR count). The first-order valence-corrected chi connectivity index (χ1v) is 6.21. The van der Waals surface area contributed by atoms with Crippen LogP contribution in [0.3, 0.4) is 0 Å². The normalized spacial score (nSPS) is 15.9. The molecule has 0 saturated heterocycles. The van der Waals surface area contributed by atoms with Gasteiger partial charge in [-0.3, -0.25) is 0 Å². The maximum absolute atomic E-state index is 5.82. The van der Waals surface area contributed by atoms with Crippen LogP contribution in [0.4, 0.5) is 0 Å². The maximum atomic E-state index is 5.82. The summed E-state index contributed by atoms with van der Waals surface area (Å²) in [5.41, 5.74) is 2.71. The minimum Gasteiger partial charge on any atom is -0.491 e. The topological polar surface area (TPSA) is 9.23 Å². The van der Waals surface area contributed by atoms with Crippen molar-refractivity contribution in [3.63, 3.8) is 0 Å². The summed E-state index contributed by atoms with van der Waals surface area (Å²) in [6, 6.07) is 6.61. The first-order chi connectivity index (χ1) is 7.58. The van der Waals surface area contributed by atoms with E-state index in [-0.39, 0.29) is 12.0 Å². The quantitative estimate of drug-likeness (QED) is 0.731. The highest BCUT2D eigenvalue weighted by atomic mass is 16.5. The molecule has 0 spiro atoms. The van der Waals surface area contributed by atoms with Crippen molar-refractivity contribution in [2.45, 2.75) is 51.6 Å². The molecule has 1 heteroatoms. The summed E-state index contributed by atoms with van der Waals surface area (Å²) in [5.74, 6) is 2.08. The van der Waals surface area contributed by atoms with Gasteiger partial charge in [0.05, 0.1) is 6.10 Å². The molecule has 16 heavy (non-hydrogen) atoms. The molecule has 1 atom stereocenters. The van der Waals surface area contributed by atoms with Gasteiger partial charge in [0.25, 0.3) is 0 Å². The molecule has 1 fully saturated rings. The zero-order valence-electron chi connectivity index (χ0n) is 10.5. The van der Waals surface area contributed by atoms with Crippen molar-refractivity contribution in [3.05, 3.63) is 36.2 Å². The van der Waals surface area contributed by atoms with Gasteiger partial charge >= 0.3 is 0 Å². The molecule has 0 heterocycles. The van der Waals surface area contributed by atoms with Gasteiger partial charge in [-0.2, -0.15) is 0 Å². The van der Waals surface area contributed by atoms with Crippen LogP contribution in [0.5, 0.6) is 5.75 Å². The van der Waals surface area contributed by atoms with Crippen LogP contribution in [0.25, 0.3) is 0 Å². The number of rotatable bonds is 4. The Bertz CT molecular complexity index is 362. The Kier molecular flexibility index (Phi) is 3.22. The maximum Gasteiger partial charge on any atom is 0.123 e. The standard InChI is InChI=1S/C15H21O/c1-10(2)14-9-13(12-5-6-12)7-8-15(14)16-11(3)4/h7-12H,1,5-6H2,2-4H3. The fraction of sp³-hybridized carbons (Fsp3) is 0.533. The monoisotopic (exact) mass is 217 g/mol. The summed E-state index contributed by atoms with van der Waals surface area (Å²) in [6.45, 7) is 10.4. The first-order valence-electron chi connectivity index (χ1n) is 6.21. The molecule has 1 aliphatic carbocycles. The van der Waals surface area contributed by atoms with Gasteiger partial charge in [0.15, 0.2) is 0 Å². The lowest BCUT2D eigenvalue weighted by molar-refractivity contribution is 0.239. The van der Waals surface area contributed by atoms with Gasteiger partial charge in [-0.05, 0) is 62.6 Å². The van der Waals surface area contributed by atoms with Gasteiger partial charge in [-0.15, -0.1) is 0 Å². The molecule has 0 aromatic heterocycles. The summed E-state index contributed by atoms with van der Waals surface area (Å²) >= 11 is 0. The Hall–Kier alpha value is -0.980. The fourth-order valence-electron chi connectivity index (χ4n) is 1.98. The Balaban J connectivity index is 2.28. The van der Waals surface area contributed by atoms with Gasteiger partial charge in [0, 0.05) is 0 Å². The van der Waals surface area contributed by atoms with Crippen LogP contribution in [-0.2, 0) is 0 Å². The Labute approximate surface area is 98.8 Å². The minimum atomic E-state index is 0.226. The lowest BCUT2D eigenvalue weighted by atomic mass is 9.98. The summed E-state index contributed by atoms with van der Waals surface area (Å²) in [7, 11) is 0. The van der Waals surface area contributed by atoms with Crippen molar-refractivity contribution in [3.8, 4) is 5.75 Å². The average Bonchev–Trinajstić information content (AvgIpc) is 3.00. The van der Waals surface area contributed by atoms with Crippen molar-refractivity contribution in [2.75, 3.05) is 0 Å². The van der Waals surface area contributed by atoms with Gasteiger partial charge in [-0.1, -0.05) is 19.1 Å². The molecule has 1 nitrogen and oxygen atoms in total. The van der Waals surface area contributed by atoms with E-state index in [9.17, 15) is 0 Å². The second-order valence-electron chi connectivity index (χ2n) is 5.14. The van der Waals surface area contributed by atoms with Gasteiger partial charge < -0.3 is 4.74 Å². The van der Waals surface area contributed by atoms with E-state index in [1.165, 1.54) is 24.0 Å². The molecule has 1 aromatic rings. The van der Waals surface area contributed by atoms with E-state index in [1.807, 2.05) is 0 Å². The highest BCUT2D eigenvalue weighted by Crippen LogP contribution is 2.42. The van der Waals surface area contributed by atoms with E-state index in [4.69, 9.17) is 4.74 Å². The van der Waals surface area contributed by atoms with Crippen LogP contribution in [0.2, 0.25) is 0 Å². The lowest BCUT2D eigenvalue weighted by Crippen LogP contribution is -2.08. The van der Waals surface area contributed by atoms with Crippen LogP contribution in [0, 0.1) is 6.92 Å². The third-order valence-electron chi connectivity index (χ3n) is 2.98. The highest BCUT2D eigenvalue weighted by molar-refractivity contribution is 5.42. The first kappa shape index (κ1) is 11.5. The largest absolute Gasteiger partial charge is 0.491 e. The molecule has 0 aliphatic heterocycles. The third-order valence-corrected chi connectivity index (χ3v) is 2.98. The average molecular weight is 217 g/mol. The fourth-order valence-corrected chi connectivity index (χ4v) is 1.98. The third kappa shape index (κ3) is 2.58. The molecule has 1 aromatic carbocycles. The Morgan fingerprint density at radius 2 is 1.94 bits per heavy atom. The second kappa shape index (κ2) is 4.48. The minimum absolute atomic E-state index is 0.226. The Morgan fingerprint density at radius 1 is 1.25 bits per heavy atom. The van der Waals surface area contributed by atoms with E-state index >= 15 is 0 Å². The van der Waals surface area contributed by atoms with Crippen LogP contribution in [0.1, 0.15) is 56.6 Å². The van der Waals surface area contributed by atoms with Crippen molar-refractivity contribution >= 4 is 0 Å². The molecular weight excluding hydrogens is 196 g/mol. The molecule has 0 N–H and O–H groups in total. The number of ether oxygens (including phenoxy) is 1. The van der Waals surface area contributed by atoms with Crippen molar-refractivity contribution in [2.24, 2.45) is 0 Å². The molecule has 1 aliphatic rings. The molecule has 1 saturated carbocycles. The van der Waals surface area contributed by atoms with Crippen LogP contribution in [0.15, 0.2) is 18.2 Å². The lowest BCUT2D eigenvalue weighted by Gasteiger charge is -2.17. The second-order valence-corrected chi connectivity index (χ2v) is 5.14. The smallest absolute Gasteiger partial charge is 0.123 e. The Morgan fingerprint density at radius 3 is 2.44 bits per heavy atom. The summed E-state index contributed by atoms with van der Waals surface area (Å²) in [5, 5.41) is 0. The summed E-state index contributed by atoms with van der Waals surface area (Å²) in [4.78, 5) is 0. The molecule has 87 valence electrons. The summed E-state index contributed by atoms with van der Waals surface area (Å²) in [6.07, 6.45) is 2.91. The van der Waals surface area contributed by atoms with E-state index < -0.39 is 0 Å². The van der Waals surface area contributed by atoms with E-state index in [0.29, 0.717) is 0 Å². The number of hydrogen-bond acceptors (Lipinski definition) is 1. The molecule has 1 unspecified atom stereocenters. The molecular formula is C15H21O. The van der Waals surface area contributed by atoms with E-state index in [2.05, 4.69) is 45.9 Å². The van der Waals surface area contributed by atoms with Gasteiger partial charge in [-0.25, -0.2) is 0 Å². The molecule has 1 radical (unpaired) electrons. The zero-order chi connectivity index (χ0) is 11.7. The van der Waals surface area contributed by atoms with Gasteiger partial charge in [0.1, 0.15) is 5.75 Å². The predicted molar refractivity (Wildman–Crippen MR) is 68.0 cm³/mol. The number of benzene rings is 1. The van der Waals surface area contributed by atoms with E-state index in [1.54, 1.807) is 0 Å². The van der Waals surface area contributed by atoms with Crippen LogP contribution < -0.4 is 4.74 Å². The molecule has 0 bridgehead atoms. The predicted octanol–water partition coefficient (Wildman–Crippen LogP) is 4.29. The highest BCUT2D eigenvalue weighted by Gasteiger charge is 2.24. The van der Waals surface area contributed by atoms with Gasteiger partial charge in [0.2, 0.25) is 0 Å². The molecule has 0 amide bonds. The van der Waals surface area contributed by atoms with Crippen LogP contribution >= 0.6 is 0 Å². The van der Waals surface area contributed by atoms with E-state index in [0.717, 1.165) is 11.7 Å². The SMILES string of the molecule is [CH2]C(C)c1cc(C2CC2)ccc1OC(C)C.